The highest BCUT2D eigenvalue weighted by Crippen LogP contribution is 2.44. The number of phenols is 1. The monoisotopic (exact) mass is 427 g/mol. The molecule has 160 valence electrons. The first-order chi connectivity index (χ1) is 15.5. The minimum absolute atomic E-state index is 0.254. The van der Waals surface area contributed by atoms with Gasteiger partial charge in [0.15, 0.2) is 5.82 Å². The van der Waals surface area contributed by atoms with E-state index < -0.39 is 5.54 Å². The average Bonchev–Trinajstić information content (AvgIpc) is 3.33. The fraction of sp³-hybridized carbons (Fsp3) is 0.160. The Balaban J connectivity index is 1.57. The summed E-state index contributed by atoms with van der Waals surface area (Å²) in [4.78, 5) is 2.30. The number of aromatic nitrogens is 4. The molecule has 3 aromatic carbocycles. The summed E-state index contributed by atoms with van der Waals surface area (Å²) in [6, 6.07) is 20.5. The Morgan fingerprint density at radius 2 is 1.81 bits per heavy atom. The van der Waals surface area contributed by atoms with E-state index in [4.69, 9.17) is 0 Å². The summed E-state index contributed by atoms with van der Waals surface area (Å²) >= 11 is 0. The van der Waals surface area contributed by atoms with Gasteiger partial charge in [0.1, 0.15) is 11.6 Å². The minimum atomic E-state index is -0.491. The van der Waals surface area contributed by atoms with Crippen LogP contribution in [0.15, 0.2) is 66.7 Å². The third-order valence-electron chi connectivity index (χ3n) is 6.16. The maximum atomic E-state index is 13.6. The number of benzene rings is 3. The fourth-order valence-corrected chi connectivity index (χ4v) is 4.51. The second-order valence-corrected chi connectivity index (χ2v) is 8.02. The van der Waals surface area contributed by atoms with Crippen molar-refractivity contribution < 1.29 is 9.50 Å². The van der Waals surface area contributed by atoms with Crippen LogP contribution < -0.4 is 4.90 Å². The van der Waals surface area contributed by atoms with E-state index in [1.165, 1.54) is 12.1 Å². The number of aromatic hydroxyl groups is 1. The van der Waals surface area contributed by atoms with E-state index in [1.807, 2.05) is 30.3 Å². The zero-order valence-corrected chi connectivity index (χ0v) is 17.5. The summed E-state index contributed by atoms with van der Waals surface area (Å²) in [6.45, 7) is 2.92. The van der Waals surface area contributed by atoms with Gasteiger partial charge in [0.25, 0.3) is 0 Å². The van der Waals surface area contributed by atoms with Crippen LogP contribution in [0.3, 0.4) is 0 Å². The standard InChI is InChI=1S/C25H22FN5O/c1-25(19-5-2-17(3-6-19)4-13-24-27-29-30-28-24)23-12-11-22(32)16-18(23)14-15-31(25)21-9-7-20(26)8-10-21/h2-13,16,32H,14-15H2,1H3,(H,27,28,29,30). The van der Waals surface area contributed by atoms with Gasteiger partial charge in [-0.1, -0.05) is 36.4 Å². The highest BCUT2D eigenvalue weighted by atomic mass is 19.1. The smallest absolute Gasteiger partial charge is 0.197 e. The summed E-state index contributed by atoms with van der Waals surface area (Å²) in [5.74, 6) is 0.531. The number of fused-ring (bicyclic) bond motifs is 1. The molecular formula is C25H22FN5O. The SMILES string of the molecule is CC1(c2ccc(C=Cc3nn[nH]n3)cc2)c2ccc(O)cc2CCN1c1ccc(F)cc1. The molecule has 6 nitrogen and oxygen atoms in total. The van der Waals surface area contributed by atoms with E-state index in [2.05, 4.69) is 56.7 Å². The van der Waals surface area contributed by atoms with Gasteiger partial charge in [0.05, 0.1) is 5.54 Å². The molecule has 1 unspecified atom stereocenters. The summed E-state index contributed by atoms with van der Waals surface area (Å²) in [6.07, 6.45) is 4.52. The van der Waals surface area contributed by atoms with Crippen LogP contribution in [-0.4, -0.2) is 32.3 Å². The molecule has 7 heteroatoms. The lowest BCUT2D eigenvalue weighted by atomic mass is 9.76. The van der Waals surface area contributed by atoms with Crippen LogP contribution in [0.5, 0.6) is 5.75 Å². The molecule has 0 aliphatic carbocycles. The van der Waals surface area contributed by atoms with Crippen molar-refractivity contribution in [1.82, 2.24) is 20.6 Å². The molecule has 1 aliphatic rings. The maximum Gasteiger partial charge on any atom is 0.197 e. The van der Waals surface area contributed by atoms with Crippen LogP contribution in [0.4, 0.5) is 10.1 Å². The van der Waals surface area contributed by atoms with Gasteiger partial charge < -0.3 is 10.0 Å². The number of aromatic amines is 1. The van der Waals surface area contributed by atoms with Gasteiger partial charge in [0, 0.05) is 12.2 Å². The second-order valence-electron chi connectivity index (χ2n) is 8.02. The van der Waals surface area contributed by atoms with Crippen molar-refractivity contribution in [2.45, 2.75) is 18.9 Å². The Hall–Kier alpha value is -4.00. The molecular weight excluding hydrogens is 405 g/mol. The highest BCUT2D eigenvalue weighted by Gasteiger charge is 2.40. The summed E-state index contributed by atoms with van der Waals surface area (Å²) in [5, 5.41) is 23.9. The number of rotatable bonds is 4. The van der Waals surface area contributed by atoms with Gasteiger partial charge in [-0.25, -0.2) is 4.39 Å². The van der Waals surface area contributed by atoms with Crippen molar-refractivity contribution >= 4 is 17.8 Å². The largest absolute Gasteiger partial charge is 0.508 e. The number of tetrazole rings is 1. The molecule has 0 fully saturated rings. The fourth-order valence-electron chi connectivity index (χ4n) is 4.51. The molecule has 0 saturated heterocycles. The Labute approximate surface area is 185 Å². The number of anilines is 1. The maximum absolute atomic E-state index is 13.6. The molecule has 2 heterocycles. The molecule has 5 rings (SSSR count). The molecule has 0 amide bonds. The number of phenolic OH excluding ortho intramolecular Hbond substituents is 1. The van der Waals surface area contributed by atoms with E-state index in [-0.39, 0.29) is 11.6 Å². The van der Waals surface area contributed by atoms with Crippen LogP contribution in [0.25, 0.3) is 12.2 Å². The third kappa shape index (κ3) is 3.51. The zero-order chi connectivity index (χ0) is 22.1. The number of H-pyrrole nitrogens is 1. The predicted octanol–water partition coefficient (Wildman–Crippen LogP) is 4.54. The van der Waals surface area contributed by atoms with Crippen molar-refractivity contribution in [3.8, 4) is 5.75 Å². The molecule has 0 bridgehead atoms. The van der Waals surface area contributed by atoms with Crippen LogP contribution in [-0.2, 0) is 12.0 Å². The number of hydrogen-bond acceptors (Lipinski definition) is 5. The quantitative estimate of drug-likeness (QED) is 0.500. The number of nitrogens with zero attached hydrogens (tertiary/aromatic N) is 4. The summed E-state index contributed by atoms with van der Waals surface area (Å²) in [5.41, 5.74) is 4.82. The van der Waals surface area contributed by atoms with Gasteiger partial charge in [-0.15, -0.1) is 10.2 Å². The predicted molar refractivity (Wildman–Crippen MR) is 122 cm³/mol. The molecule has 4 aromatic rings. The van der Waals surface area contributed by atoms with Crippen LogP contribution in [0, 0.1) is 5.82 Å². The second kappa shape index (κ2) is 7.92. The Kier molecular flexibility index (Phi) is 4.93. The number of halogens is 1. The van der Waals surface area contributed by atoms with E-state index >= 15 is 0 Å². The third-order valence-corrected chi connectivity index (χ3v) is 6.16. The molecule has 1 aliphatic heterocycles. The molecule has 1 atom stereocenters. The van der Waals surface area contributed by atoms with E-state index in [0.29, 0.717) is 5.82 Å². The van der Waals surface area contributed by atoms with Crippen molar-refractivity contribution in [3.05, 3.63) is 101 Å². The Morgan fingerprint density at radius 1 is 1.03 bits per heavy atom. The van der Waals surface area contributed by atoms with E-state index in [0.717, 1.165) is 40.9 Å². The van der Waals surface area contributed by atoms with Gasteiger partial charge >= 0.3 is 0 Å². The molecule has 1 aromatic heterocycles. The van der Waals surface area contributed by atoms with Crippen LogP contribution >= 0.6 is 0 Å². The lowest BCUT2D eigenvalue weighted by molar-refractivity contribution is 0.463. The first-order valence-corrected chi connectivity index (χ1v) is 10.4. The van der Waals surface area contributed by atoms with E-state index in [9.17, 15) is 9.50 Å². The van der Waals surface area contributed by atoms with Crippen molar-refractivity contribution in [3.63, 3.8) is 0 Å². The van der Waals surface area contributed by atoms with Crippen molar-refractivity contribution in [1.29, 1.82) is 0 Å². The van der Waals surface area contributed by atoms with Crippen LogP contribution in [0.2, 0.25) is 0 Å². The van der Waals surface area contributed by atoms with Crippen LogP contribution in [0.1, 0.15) is 35.0 Å². The lowest BCUT2D eigenvalue weighted by Gasteiger charge is -2.48. The first-order valence-electron chi connectivity index (χ1n) is 10.4. The normalized spacial score (nSPS) is 18.1. The Morgan fingerprint density at radius 3 is 2.53 bits per heavy atom. The summed E-state index contributed by atoms with van der Waals surface area (Å²) < 4.78 is 13.6. The summed E-state index contributed by atoms with van der Waals surface area (Å²) in [7, 11) is 0. The minimum Gasteiger partial charge on any atom is -0.508 e. The Bertz CT molecular complexity index is 1250. The topological polar surface area (TPSA) is 77.9 Å². The van der Waals surface area contributed by atoms with Gasteiger partial charge in [0.2, 0.25) is 0 Å². The van der Waals surface area contributed by atoms with Gasteiger partial charge in [-0.3, -0.25) is 0 Å². The molecule has 0 radical (unpaired) electrons. The first kappa shape index (κ1) is 19.9. The lowest BCUT2D eigenvalue weighted by Crippen LogP contribution is -2.49. The van der Waals surface area contributed by atoms with Gasteiger partial charge in [-0.05, 0) is 83.3 Å². The van der Waals surface area contributed by atoms with E-state index in [1.54, 1.807) is 12.1 Å². The molecule has 32 heavy (non-hydrogen) atoms. The molecule has 0 saturated carbocycles. The van der Waals surface area contributed by atoms with Gasteiger partial charge in [-0.2, -0.15) is 5.21 Å². The molecule has 2 N–H and O–H groups in total. The van der Waals surface area contributed by atoms with Crippen molar-refractivity contribution in [2.75, 3.05) is 11.4 Å². The number of hydrogen-bond donors (Lipinski definition) is 2. The zero-order valence-electron chi connectivity index (χ0n) is 17.5. The highest BCUT2D eigenvalue weighted by molar-refractivity contribution is 5.67. The molecule has 0 spiro atoms. The van der Waals surface area contributed by atoms with Crippen molar-refractivity contribution in [2.24, 2.45) is 0 Å². The average molecular weight is 427 g/mol. The number of nitrogens with one attached hydrogen (secondary N) is 1.